The molecule has 0 amide bonds. The molecule has 0 spiro atoms. The molecule has 2 aromatic rings. The third-order valence-electron chi connectivity index (χ3n) is 5.46. The Labute approximate surface area is 194 Å². The first-order valence-corrected chi connectivity index (χ1v) is 12.4. The third-order valence-corrected chi connectivity index (χ3v) is 7.11. The second-order valence-corrected chi connectivity index (χ2v) is 10.2. The molecule has 0 bridgehead atoms. The Morgan fingerprint density at radius 3 is 2.52 bits per heavy atom. The number of rotatable bonds is 8. The summed E-state index contributed by atoms with van der Waals surface area (Å²) < 4.78 is 46.7. The molecule has 1 aromatic carbocycles. The fourth-order valence-electron chi connectivity index (χ4n) is 3.83. The van der Waals surface area contributed by atoms with Crippen molar-refractivity contribution in [3.8, 4) is 0 Å². The summed E-state index contributed by atoms with van der Waals surface area (Å²) >= 11 is 0. The summed E-state index contributed by atoms with van der Waals surface area (Å²) in [7, 11) is -2.44. The van der Waals surface area contributed by atoms with Gasteiger partial charge in [-0.05, 0) is 69.5 Å². The van der Waals surface area contributed by atoms with Crippen molar-refractivity contribution in [2.24, 2.45) is 0 Å². The predicted octanol–water partition coefficient (Wildman–Crippen LogP) is 4.28. The highest BCUT2D eigenvalue weighted by Gasteiger charge is 2.22. The van der Waals surface area contributed by atoms with Gasteiger partial charge < -0.3 is 10.1 Å². The van der Waals surface area contributed by atoms with Crippen LogP contribution >= 0.6 is 0 Å². The van der Waals surface area contributed by atoms with Crippen molar-refractivity contribution in [1.29, 1.82) is 0 Å². The molecule has 1 fully saturated rings. The van der Waals surface area contributed by atoms with Crippen LogP contribution < -0.4 is 10.0 Å². The summed E-state index contributed by atoms with van der Waals surface area (Å²) in [4.78, 5) is 16.9. The fourth-order valence-corrected chi connectivity index (χ4v) is 5.03. The van der Waals surface area contributed by atoms with Crippen LogP contribution in [0.15, 0.2) is 35.4 Å². The van der Waals surface area contributed by atoms with Crippen LogP contribution in [-0.2, 0) is 19.6 Å². The molecule has 0 atom stereocenters. The van der Waals surface area contributed by atoms with Gasteiger partial charge in [-0.3, -0.25) is 4.98 Å². The van der Waals surface area contributed by atoms with E-state index in [2.05, 4.69) is 15.0 Å². The van der Waals surface area contributed by atoms with Crippen LogP contribution in [0.1, 0.15) is 56.4 Å². The lowest BCUT2D eigenvalue weighted by Gasteiger charge is -2.19. The van der Waals surface area contributed by atoms with Gasteiger partial charge in [0, 0.05) is 29.5 Å². The number of benzene rings is 1. The number of ether oxygens (including phenoxy) is 1. The molecule has 1 saturated carbocycles. The lowest BCUT2D eigenvalue weighted by Crippen LogP contribution is -2.30. The summed E-state index contributed by atoms with van der Waals surface area (Å²) in [6, 6.07) is 5.91. The van der Waals surface area contributed by atoms with Crippen LogP contribution in [0.2, 0.25) is 0 Å². The fraction of sp³-hybridized carbons (Fsp3) is 0.417. The maximum atomic E-state index is 14.5. The average molecular weight is 476 g/mol. The summed E-state index contributed by atoms with van der Waals surface area (Å²) in [5, 5.41) is 3.45. The number of sulfonamides is 1. The molecule has 1 aliphatic rings. The van der Waals surface area contributed by atoms with Crippen LogP contribution in [0.3, 0.4) is 0 Å². The number of anilines is 1. The van der Waals surface area contributed by atoms with E-state index < -0.39 is 21.8 Å². The SMILES string of the molecule is COC(=O)C(=Cc1ccc(S(=O)(=O)NC(C)C)cn1)c1cc(F)c(C)cc1NC1CCCC1. The number of hydrogen-bond donors (Lipinski definition) is 2. The molecule has 1 heterocycles. The molecule has 1 aromatic heterocycles. The summed E-state index contributed by atoms with van der Waals surface area (Å²) in [5.41, 5.74) is 1.95. The van der Waals surface area contributed by atoms with Crippen LogP contribution in [0, 0.1) is 12.7 Å². The first-order chi connectivity index (χ1) is 15.6. The summed E-state index contributed by atoms with van der Waals surface area (Å²) in [5.74, 6) is -1.08. The van der Waals surface area contributed by atoms with Gasteiger partial charge in [0.05, 0.1) is 18.4 Å². The van der Waals surface area contributed by atoms with Crippen LogP contribution in [-0.4, -0.2) is 38.6 Å². The minimum atomic E-state index is -3.69. The quantitative estimate of drug-likeness (QED) is 0.437. The molecule has 0 unspecified atom stereocenters. The molecule has 2 N–H and O–H groups in total. The Bertz CT molecular complexity index is 1140. The highest BCUT2D eigenvalue weighted by molar-refractivity contribution is 7.89. The second-order valence-electron chi connectivity index (χ2n) is 8.52. The van der Waals surface area contributed by atoms with Gasteiger partial charge in [0.25, 0.3) is 0 Å². The first kappa shape index (κ1) is 24.9. The van der Waals surface area contributed by atoms with E-state index in [9.17, 15) is 17.6 Å². The zero-order valence-corrected chi connectivity index (χ0v) is 20.1. The molecule has 1 aliphatic carbocycles. The standard InChI is InChI=1S/C24H30FN3O4S/c1-15(2)28-33(30,31)19-10-9-18(26-14-19)12-21(24(29)32-4)20-13-22(25)16(3)11-23(20)27-17-7-5-6-8-17/h9-15,17,27-28H,5-8H2,1-4H3. The largest absolute Gasteiger partial charge is 0.465 e. The Morgan fingerprint density at radius 2 is 1.94 bits per heavy atom. The molecule has 3 rings (SSSR count). The number of methoxy groups -OCH3 is 1. The van der Waals surface area contributed by atoms with Crippen LogP contribution in [0.4, 0.5) is 10.1 Å². The topological polar surface area (TPSA) is 97.4 Å². The van der Waals surface area contributed by atoms with Crippen LogP contribution in [0.25, 0.3) is 11.6 Å². The number of nitrogens with zero attached hydrogens (tertiary/aromatic N) is 1. The van der Waals surface area contributed by atoms with Gasteiger partial charge in [-0.25, -0.2) is 22.3 Å². The highest BCUT2D eigenvalue weighted by Crippen LogP contribution is 2.32. The van der Waals surface area contributed by atoms with E-state index in [1.54, 1.807) is 26.8 Å². The zero-order valence-electron chi connectivity index (χ0n) is 19.3. The molecular weight excluding hydrogens is 445 g/mol. The average Bonchev–Trinajstić information content (AvgIpc) is 3.26. The number of aryl methyl sites for hydroxylation is 1. The third kappa shape index (κ3) is 6.17. The zero-order chi connectivity index (χ0) is 24.2. The Morgan fingerprint density at radius 1 is 1.24 bits per heavy atom. The predicted molar refractivity (Wildman–Crippen MR) is 127 cm³/mol. The molecule has 0 saturated heterocycles. The number of carbonyl (C=O) groups is 1. The van der Waals surface area contributed by atoms with Crippen molar-refractivity contribution in [1.82, 2.24) is 9.71 Å². The molecule has 9 heteroatoms. The normalized spacial score (nSPS) is 15.2. The molecule has 7 nitrogen and oxygen atoms in total. The Balaban J connectivity index is 2.03. The number of nitrogens with one attached hydrogen (secondary N) is 2. The summed E-state index contributed by atoms with van der Waals surface area (Å²) in [6.07, 6.45) is 6.96. The van der Waals surface area contributed by atoms with Crippen molar-refractivity contribution >= 4 is 33.3 Å². The van der Waals surface area contributed by atoms with Crippen molar-refractivity contribution in [2.45, 2.75) is 63.4 Å². The van der Waals surface area contributed by atoms with Gasteiger partial charge in [0.1, 0.15) is 10.7 Å². The smallest absolute Gasteiger partial charge is 0.338 e. The molecular formula is C24H30FN3O4S. The van der Waals surface area contributed by atoms with Crippen molar-refractivity contribution < 1.29 is 22.3 Å². The monoisotopic (exact) mass is 475 g/mol. The van der Waals surface area contributed by atoms with E-state index in [0.29, 0.717) is 22.5 Å². The number of halogens is 1. The molecule has 0 aliphatic heterocycles. The van der Waals surface area contributed by atoms with Gasteiger partial charge in [-0.2, -0.15) is 0 Å². The minimum absolute atomic E-state index is 0.0120. The molecule has 0 radical (unpaired) electrons. The lowest BCUT2D eigenvalue weighted by atomic mass is 9.99. The van der Waals surface area contributed by atoms with Gasteiger partial charge in [0.2, 0.25) is 10.0 Å². The number of pyridine rings is 1. The van der Waals surface area contributed by atoms with E-state index >= 15 is 0 Å². The Hall–Kier alpha value is -2.78. The van der Waals surface area contributed by atoms with Crippen molar-refractivity contribution in [3.63, 3.8) is 0 Å². The second kappa shape index (κ2) is 10.4. The van der Waals surface area contributed by atoms with Gasteiger partial charge in [0.15, 0.2) is 0 Å². The van der Waals surface area contributed by atoms with Gasteiger partial charge >= 0.3 is 5.97 Å². The maximum Gasteiger partial charge on any atom is 0.338 e. The van der Waals surface area contributed by atoms with E-state index in [1.165, 1.54) is 37.6 Å². The first-order valence-electron chi connectivity index (χ1n) is 11.0. The number of hydrogen-bond acceptors (Lipinski definition) is 6. The van der Waals surface area contributed by atoms with Gasteiger partial charge in [-0.1, -0.05) is 12.8 Å². The Kier molecular flexibility index (Phi) is 7.86. The number of carbonyl (C=O) groups excluding carboxylic acids is 1. The molecule has 33 heavy (non-hydrogen) atoms. The highest BCUT2D eigenvalue weighted by atomic mass is 32.2. The van der Waals surface area contributed by atoms with Gasteiger partial charge in [-0.15, -0.1) is 0 Å². The lowest BCUT2D eigenvalue weighted by molar-refractivity contribution is -0.133. The minimum Gasteiger partial charge on any atom is -0.465 e. The van der Waals surface area contributed by atoms with Crippen molar-refractivity contribution in [2.75, 3.05) is 12.4 Å². The number of aromatic nitrogens is 1. The number of esters is 1. The van der Waals surface area contributed by atoms with E-state index in [1.807, 2.05) is 0 Å². The van der Waals surface area contributed by atoms with E-state index in [0.717, 1.165) is 25.7 Å². The van der Waals surface area contributed by atoms with E-state index in [4.69, 9.17) is 4.74 Å². The van der Waals surface area contributed by atoms with Crippen LogP contribution in [0.5, 0.6) is 0 Å². The van der Waals surface area contributed by atoms with Crippen molar-refractivity contribution in [3.05, 3.63) is 53.1 Å². The maximum absolute atomic E-state index is 14.5. The van der Waals surface area contributed by atoms with E-state index in [-0.39, 0.29) is 22.6 Å². The summed E-state index contributed by atoms with van der Waals surface area (Å²) in [6.45, 7) is 5.12. The molecule has 178 valence electrons.